The Balaban J connectivity index is 1.61. The summed E-state index contributed by atoms with van der Waals surface area (Å²) in [5.41, 5.74) is -3.50. The Labute approximate surface area is 173 Å². The Morgan fingerprint density at radius 1 is 1.23 bits per heavy atom. The monoisotopic (exact) mass is 438 g/mol. The van der Waals surface area contributed by atoms with E-state index < -0.39 is 52.7 Å². The van der Waals surface area contributed by atoms with Gasteiger partial charge in [-0.1, -0.05) is 0 Å². The molecule has 3 saturated heterocycles. The van der Waals surface area contributed by atoms with Crippen LogP contribution in [0.5, 0.6) is 0 Å². The van der Waals surface area contributed by atoms with Gasteiger partial charge in [-0.2, -0.15) is 13.2 Å². The normalized spacial score (nSPS) is 35.4. The molecule has 3 aliphatic heterocycles. The van der Waals surface area contributed by atoms with Crippen molar-refractivity contribution in [1.82, 2.24) is 4.98 Å². The molecule has 1 aromatic heterocycles. The molecule has 3 fully saturated rings. The van der Waals surface area contributed by atoms with Crippen molar-refractivity contribution >= 4 is 28.8 Å². The van der Waals surface area contributed by atoms with Crippen LogP contribution in [0, 0.1) is 11.8 Å². The number of alkyl halides is 3. The smallest absolute Gasteiger partial charge is 0.390 e. The lowest BCUT2D eigenvalue weighted by Crippen LogP contribution is -2.49. The number of rotatable bonds is 2. The molecule has 0 unspecified atom stereocenters. The maximum atomic E-state index is 13.8. The summed E-state index contributed by atoms with van der Waals surface area (Å²) in [7, 11) is 0. The molecule has 1 aromatic carbocycles. The lowest BCUT2D eigenvalue weighted by molar-refractivity contribution is -0.137. The summed E-state index contributed by atoms with van der Waals surface area (Å²) in [6, 6.07) is 3.37. The van der Waals surface area contributed by atoms with Crippen molar-refractivity contribution in [3.63, 3.8) is 0 Å². The number of thiazole rings is 1. The van der Waals surface area contributed by atoms with Crippen LogP contribution in [0.2, 0.25) is 0 Å². The lowest BCUT2D eigenvalue weighted by atomic mass is 9.67. The van der Waals surface area contributed by atoms with Crippen LogP contribution in [-0.2, 0) is 20.5 Å². The Morgan fingerprint density at radius 3 is 2.57 bits per heavy atom. The number of hydrogen-bond donors (Lipinski definition) is 1. The first-order valence-corrected chi connectivity index (χ1v) is 10.2. The summed E-state index contributed by atoms with van der Waals surface area (Å²) in [6.45, 7) is 3.24. The van der Waals surface area contributed by atoms with Crippen LogP contribution in [-0.4, -0.2) is 39.2 Å². The first kappa shape index (κ1) is 19.7. The van der Waals surface area contributed by atoms with Gasteiger partial charge in [0, 0.05) is 23.6 Å². The number of carbonyl (C=O) groups is 2. The number of anilines is 1. The van der Waals surface area contributed by atoms with E-state index in [4.69, 9.17) is 4.74 Å². The third kappa shape index (κ3) is 2.41. The number of imide groups is 1. The van der Waals surface area contributed by atoms with Gasteiger partial charge in [0.2, 0.25) is 11.8 Å². The van der Waals surface area contributed by atoms with Crippen LogP contribution in [0.25, 0.3) is 10.6 Å². The number of nitrogens with zero attached hydrogens (tertiary/aromatic N) is 2. The SMILES string of the molecule is C[C@]12O[C@](C)(C[C@@H]1O)[C@H]1C(=O)N(c3ccc(-c4nccs4)c(C(F)(F)F)c3)C(=O)[C@H]12. The molecule has 2 aromatic rings. The van der Waals surface area contributed by atoms with Gasteiger partial charge in [-0.15, -0.1) is 11.3 Å². The molecule has 30 heavy (non-hydrogen) atoms. The Morgan fingerprint density at radius 2 is 1.93 bits per heavy atom. The highest BCUT2D eigenvalue weighted by Crippen LogP contribution is 2.61. The molecule has 0 aliphatic carbocycles. The van der Waals surface area contributed by atoms with Crippen molar-refractivity contribution in [2.45, 2.75) is 43.8 Å². The summed E-state index contributed by atoms with van der Waals surface area (Å²) < 4.78 is 47.2. The second kappa shape index (κ2) is 5.89. The van der Waals surface area contributed by atoms with E-state index >= 15 is 0 Å². The van der Waals surface area contributed by atoms with E-state index in [-0.39, 0.29) is 22.7 Å². The fraction of sp³-hybridized carbons (Fsp3) is 0.450. The molecule has 0 saturated carbocycles. The zero-order valence-electron chi connectivity index (χ0n) is 15.9. The first-order chi connectivity index (χ1) is 14.0. The number of fused-ring (bicyclic) bond motifs is 5. The number of halogens is 3. The quantitative estimate of drug-likeness (QED) is 0.729. The molecular formula is C20H17F3N2O4S. The minimum absolute atomic E-state index is 0.113. The van der Waals surface area contributed by atoms with Crippen LogP contribution >= 0.6 is 11.3 Å². The van der Waals surface area contributed by atoms with Gasteiger partial charge >= 0.3 is 6.18 Å². The highest BCUT2D eigenvalue weighted by molar-refractivity contribution is 7.13. The zero-order valence-corrected chi connectivity index (χ0v) is 16.8. The summed E-state index contributed by atoms with van der Waals surface area (Å²) in [5, 5.41) is 12.1. The second-order valence-corrected chi connectivity index (χ2v) is 9.25. The van der Waals surface area contributed by atoms with Gasteiger partial charge in [0.25, 0.3) is 0 Å². The minimum atomic E-state index is -4.70. The average Bonchev–Trinajstić information content (AvgIpc) is 3.36. The predicted octanol–water partition coefficient (Wildman–Crippen LogP) is 3.25. The van der Waals surface area contributed by atoms with Gasteiger partial charge in [0.05, 0.1) is 34.8 Å². The largest absolute Gasteiger partial charge is 0.417 e. The van der Waals surface area contributed by atoms with E-state index in [1.54, 1.807) is 19.2 Å². The fourth-order valence-corrected chi connectivity index (χ4v) is 5.90. The van der Waals surface area contributed by atoms with Gasteiger partial charge in [-0.05, 0) is 32.0 Å². The number of ether oxygens (including phenoxy) is 1. The zero-order chi connectivity index (χ0) is 21.6. The van der Waals surface area contributed by atoms with Gasteiger partial charge in [0.15, 0.2) is 0 Å². The Bertz CT molecular complexity index is 1070. The van der Waals surface area contributed by atoms with Crippen molar-refractivity contribution in [3.8, 4) is 10.6 Å². The fourth-order valence-electron chi connectivity index (χ4n) is 5.22. The van der Waals surface area contributed by atoms with Crippen LogP contribution in [0.1, 0.15) is 25.8 Å². The lowest BCUT2D eigenvalue weighted by Gasteiger charge is -2.31. The predicted molar refractivity (Wildman–Crippen MR) is 101 cm³/mol. The molecule has 0 spiro atoms. The van der Waals surface area contributed by atoms with E-state index in [0.717, 1.165) is 22.3 Å². The second-order valence-electron chi connectivity index (χ2n) is 8.35. The van der Waals surface area contributed by atoms with Crippen molar-refractivity contribution in [2.24, 2.45) is 11.8 Å². The molecule has 10 heteroatoms. The molecule has 1 N–H and O–H groups in total. The molecule has 2 amide bonds. The summed E-state index contributed by atoms with van der Waals surface area (Å²) >= 11 is 1.06. The van der Waals surface area contributed by atoms with Crippen LogP contribution < -0.4 is 4.90 Å². The summed E-state index contributed by atoms with van der Waals surface area (Å²) in [4.78, 5) is 31.1. The molecular weight excluding hydrogens is 421 g/mol. The Kier molecular flexibility index (Phi) is 3.86. The minimum Gasteiger partial charge on any atom is -0.390 e. The van der Waals surface area contributed by atoms with Crippen LogP contribution in [0.4, 0.5) is 18.9 Å². The maximum absolute atomic E-state index is 13.8. The van der Waals surface area contributed by atoms with Crippen molar-refractivity contribution in [3.05, 3.63) is 35.3 Å². The molecule has 5 atom stereocenters. The van der Waals surface area contributed by atoms with Gasteiger partial charge in [-0.25, -0.2) is 9.88 Å². The van der Waals surface area contributed by atoms with E-state index in [2.05, 4.69) is 4.98 Å². The van der Waals surface area contributed by atoms with E-state index in [1.165, 1.54) is 18.3 Å². The summed E-state index contributed by atoms with van der Waals surface area (Å²) in [5.74, 6) is -3.03. The molecule has 4 heterocycles. The number of aliphatic hydroxyl groups excluding tert-OH is 1. The standard InChI is InChI=1S/C20H17F3N2O4S/c1-18-8-12(26)19(2,29-18)14-13(18)16(27)25(17(14)28)9-3-4-10(15-24-5-6-30-15)11(7-9)20(21,22)23/h3-7,12-14,26H,8H2,1-2H3/t12-,13+,14-,18+,19-/m0/s1. The van der Waals surface area contributed by atoms with Crippen LogP contribution in [0.15, 0.2) is 29.8 Å². The third-order valence-corrected chi connectivity index (χ3v) is 7.33. The first-order valence-electron chi connectivity index (χ1n) is 9.34. The molecule has 6 nitrogen and oxygen atoms in total. The van der Waals surface area contributed by atoms with Crippen molar-refractivity contribution in [1.29, 1.82) is 0 Å². The maximum Gasteiger partial charge on any atom is 0.417 e. The van der Waals surface area contributed by atoms with Gasteiger partial charge < -0.3 is 9.84 Å². The van der Waals surface area contributed by atoms with Gasteiger partial charge in [-0.3, -0.25) is 9.59 Å². The number of aromatic nitrogens is 1. The van der Waals surface area contributed by atoms with Gasteiger partial charge in [0.1, 0.15) is 10.6 Å². The molecule has 0 radical (unpaired) electrons. The highest BCUT2D eigenvalue weighted by Gasteiger charge is 2.75. The number of carbonyl (C=O) groups excluding carboxylic acids is 2. The number of amides is 2. The third-order valence-electron chi connectivity index (χ3n) is 6.52. The van der Waals surface area contributed by atoms with E-state index in [1.807, 2.05) is 0 Å². The molecule has 5 rings (SSSR count). The van der Waals surface area contributed by atoms with E-state index in [0.29, 0.717) is 0 Å². The van der Waals surface area contributed by atoms with Crippen molar-refractivity contribution < 1.29 is 32.6 Å². The molecule has 3 aliphatic rings. The van der Waals surface area contributed by atoms with Crippen LogP contribution in [0.3, 0.4) is 0 Å². The summed E-state index contributed by atoms with van der Waals surface area (Å²) in [6.07, 6.45) is -4.03. The highest BCUT2D eigenvalue weighted by atomic mass is 32.1. The number of benzene rings is 1. The number of aliphatic hydroxyl groups is 1. The number of hydrogen-bond acceptors (Lipinski definition) is 6. The van der Waals surface area contributed by atoms with E-state index in [9.17, 15) is 27.9 Å². The average molecular weight is 438 g/mol. The van der Waals surface area contributed by atoms with Crippen molar-refractivity contribution in [2.75, 3.05) is 4.90 Å². The Hall–Kier alpha value is -2.30. The molecule has 158 valence electrons. The molecule has 2 bridgehead atoms. The topological polar surface area (TPSA) is 79.7 Å².